The number of anilines is 1. The second-order valence-electron chi connectivity index (χ2n) is 3.02. The van der Waals surface area contributed by atoms with Gasteiger partial charge in [0.25, 0.3) is 10.0 Å². The molecule has 0 radical (unpaired) electrons. The van der Waals surface area contributed by atoms with E-state index in [1.54, 1.807) is 0 Å². The standard InChI is InChI=1S/C8H11FN4O3S/c1-16-7-5(9)2-4(3-6(7)10)17(14,15)13-8(11)12/h2-3H,10H2,1H3,(H4,11,12,13). The van der Waals surface area contributed by atoms with E-state index in [0.29, 0.717) is 0 Å². The zero-order valence-corrected chi connectivity index (χ0v) is 9.66. The van der Waals surface area contributed by atoms with Crippen molar-refractivity contribution >= 4 is 21.7 Å². The zero-order chi connectivity index (χ0) is 13.2. The highest BCUT2D eigenvalue weighted by Gasteiger charge is 2.18. The zero-order valence-electron chi connectivity index (χ0n) is 8.84. The summed E-state index contributed by atoms with van der Waals surface area (Å²) < 4.78 is 44.1. The molecule has 9 heteroatoms. The summed E-state index contributed by atoms with van der Waals surface area (Å²) in [7, 11) is -2.96. The summed E-state index contributed by atoms with van der Waals surface area (Å²) in [6, 6.07) is 1.72. The largest absolute Gasteiger partial charge is 0.492 e. The van der Waals surface area contributed by atoms with Crippen LogP contribution in [0.1, 0.15) is 0 Å². The fraction of sp³-hybridized carbons (Fsp3) is 0.125. The lowest BCUT2D eigenvalue weighted by Crippen LogP contribution is -2.24. The van der Waals surface area contributed by atoms with Gasteiger partial charge in [-0.3, -0.25) is 0 Å². The van der Waals surface area contributed by atoms with Crippen LogP contribution in [0.15, 0.2) is 21.4 Å². The number of ether oxygens (including phenoxy) is 1. The number of halogens is 1. The van der Waals surface area contributed by atoms with Crippen LogP contribution in [-0.2, 0) is 10.0 Å². The lowest BCUT2D eigenvalue weighted by molar-refractivity contribution is 0.388. The van der Waals surface area contributed by atoms with Crippen molar-refractivity contribution in [1.82, 2.24) is 0 Å². The Hall–Kier alpha value is -2.03. The number of methoxy groups -OCH3 is 1. The lowest BCUT2D eigenvalue weighted by atomic mass is 10.3. The second kappa shape index (κ2) is 4.45. The maximum atomic E-state index is 13.4. The van der Waals surface area contributed by atoms with Crippen molar-refractivity contribution in [2.45, 2.75) is 4.90 Å². The van der Waals surface area contributed by atoms with Gasteiger partial charge in [-0.1, -0.05) is 0 Å². The van der Waals surface area contributed by atoms with Crippen molar-refractivity contribution in [1.29, 1.82) is 0 Å². The minimum atomic E-state index is -4.17. The third-order valence-corrected chi connectivity index (χ3v) is 3.06. The van der Waals surface area contributed by atoms with E-state index in [0.717, 1.165) is 12.1 Å². The molecule has 0 unspecified atom stereocenters. The summed E-state index contributed by atoms with van der Waals surface area (Å²) in [5, 5.41) is 0. The number of guanidine groups is 1. The van der Waals surface area contributed by atoms with Crippen molar-refractivity contribution < 1.29 is 17.5 Å². The molecule has 94 valence electrons. The van der Waals surface area contributed by atoms with Crippen LogP contribution in [0.4, 0.5) is 10.1 Å². The molecule has 0 atom stereocenters. The number of hydrogen-bond donors (Lipinski definition) is 3. The van der Waals surface area contributed by atoms with Crippen LogP contribution in [0.25, 0.3) is 0 Å². The van der Waals surface area contributed by atoms with Crippen LogP contribution in [0.2, 0.25) is 0 Å². The van der Waals surface area contributed by atoms with Gasteiger partial charge in [0.05, 0.1) is 17.7 Å². The summed E-state index contributed by atoms with van der Waals surface area (Å²) in [5.74, 6) is -1.81. The predicted octanol–water partition coefficient (Wildman–Crippen LogP) is -0.621. The Balaban J connectivity index is 3.41. The molecule has 0 saturated heterocycles. The average molecular weight is 262 g/mol. The first-order valence-electron chi connectivity index (χ1n) is 4.27. The van der Waals surface area contributed by atoms with E-state index in [-0.39, 0.29) is 11.4 Å². The molecule has 0 amide bonds. The van der Waals surface area contributed by atoms with Gasteiger partial charge in [-0.2, -0.15) is 8.42 Å². The Kier molecular flexibility index (Phi) is 3.42. The molecule has 6 N–H and O–H groups in total. The van der Waals surface area contributed by atoms with E-state index in [2.05, 4.69) is 9.13 Å². The third-order valence-electron chi connectivity index (χ3n) is 1.77. The van der Waals surface area contributed by atoms with Crippen LogP contribution < -0.4 is 21.9 Å². The lowest BCUT2D eigenvalue weighted by Gasteiger charge is -2.07. The summed E-state index contributed by atoms with van der Waals surface area (Å²) in [6.07, 6.45) is 0. The number of nitrogens with zero attached hydrogens (tertiary/aromatic N) is 1. The van der Waals surface area contributed by atoms with E-state index in [1.807, 2.05) is 0 Å². The first kappa shape index (κ1) is 13.0. The molecule has 1 aromatic rings. The Morgan fingerprint density at radius 3 is 2.41 bits per heavy atom. The van der Waals surface area contributed by atoms with Crippen LogP contribution in [0.5, 0.6) is 5.75 Å². The molecular formula is C8H11FN4O3S. The Morgan fingerprint density at radius 2 is 2.00 bits per heavy atom. The van der Waals surface area contributed by atoms with Gasteiger partial charge in [-0.15, -0.1) is 4.40 Å². The molecule has 0 aromatic heterocycles. The molecule has 0 spiro atoms. The monoisotopic (exact) mass is 262 g/mol. The maximum absolute atomic E-state index is 13.4. The third kappa shape index (κ3) is 2.75. The smallest absolute Gasteiger partial charge is 0.285 e. The quantitative estimate of drug-likeness (QED) is 0.377. The molecule has 0 heterocycles. The van der Waals surface area contributed by atoms with E-state index in [4.69, 9.17) is 17.2 Å². The molecule has 7 nitrogen and oxygen atoms in total. The van der Waals surface area contributed by atoms with Gasteiger partial charge in [0, 0.05) is 0 Å². The number of sulfonamides is 1. The van der Waals surface area contributed by atoms with Crippen LogP contribution in [-0.4, -0.2) is 21.5 Å². The molecule has 0 bridgehead atoms. The minimum absolute atomic E-state index is 0.170. The number of rotatable bonds is 3. The van der Waals surface area contributed by atoms with Crippen LogP contribution in [0, 0.1) is 5.82 Å². The first-order valence-corrected chi connectivity index (χ1v) is 5.71. The van der Waals surface area contributed by atoms with E-state index in [9.17, 15) is 12.8 Å². The van der Waals surface area contributed by atoms with Gasteiger partial charge in [0.15, 0.2) is 11.6 Å². The van der Waals surface area contributed by atoms with Crippen molar-refractivity contribution in [3.05, 3.63) is 17.9 Å². The Bertz CT molecular complexity index is 543. The van der Waals surface area contributed by atoms with Gasteiger partial charge in [-0.05, 0) is 12.1 Å². The molecule has 0 aliphatic heterocycles. The maximum Gasteiger partial charge on any atom is 0.285 e. The van der Waals surface area contributed by atoms with E-state index < -0.39 is 26.7 Å². The minimum Gasteiger partial charge on any atom is -0.492 e. The Morgan fingerprint density at radius 1 is 1.41 bits per heavy atom. The van der Waals surface area contributed by atoms with Crippen molar-refractivity contribution in [3.8, 4) is 5.75 Å². The molecule has 0 aliphatic carbocycles. The number of nitrogens with two attached hydrogens (primary N) is 3. The second-order valence-corrected chi connectivity index (χ2v) is 4.62. The predicted molar refractivity (Wildman–Crippen MR) is 60.4 cm³/mol. The number of nitrogen functional groups attached to an aromatic ring is 1. The van der Waals surface area contributed by atoms with Crippen molar-refractivity contribution in [2.75, 3.05) is 12.8 Å². The summed E-state index contributed by atoms with van der Waals surface area (Å²) >= 11 is 0. The van der Waals surface area contributed by atoms with Crippen LogP contribution in [0.3, 0.4) is 0 Å². The molecule has 0 saturated carbocycles. The normalized spacial score (nSPS) is 10.9. The number of hydrogen-bond acceptors (Lipinski definition) is 4. The van der Waals surface area contributed by atoms with Gasteiger partial charge in [0.2, 0.25) is 5.96 Å². The molecule has 0 aliphatic rings. The highest BCUT2D eigenvalue weighted by molar-refractivity contribution is 7.90. The van der Waals surface area contributed by atoms with Gasteiger partial charge < -0.3 is 21.9 Å². The SMILES string of the molecule is COc1c(N)cc(S(=O)(=O)N=C(N)N)cc1F. The highest BCUT2D eigenvalue weighted by Crippen LogP contribution is 2.29. The van der Waals surface area contributed by atoms with Crippen molar-refractivity contribution in [2.24, 2.45) is 15.9 Å². The summed E-state index contributed by atoms with van der Waals surface area (Å²) in [5.41, 5.74) is 15.1. The van der Waals surface area contributed by atoms with Gasteiger partial charge in [-0.25, -0.2) is 4.39 Å². The van der Waals surface area contributed by atoms with E-state index in [1.165, 1.54) is 7.11 Å². The fourth-order valence-corrected chi connectivity index (χ4v) is 2.06. The highest BCUT2D eigenvalue weighted by atomic mass is 32.2. The van der Waals surface area contributed by atoms with Crippen LogP contribution >= 0.6 is 0 Å². The topological polar surface area (TPSA) is 134 Å². The summed E-state index contributed by atoms with van der Waals surface area (Å²) in [4.78, 5) is -0.457. The Labute approximate surface area is 97.1 Å². The number of benzene rings is 1. The molecule has 1 aromatic carbocycles. The molecular weight excluding hydrogens is 251 g/mol. The molecule has 0 fully saturated rings. The van der Waals surface area contributed by atoms with Gasteiger partial charge in [0.1, 0.15) is 0 Å². The first-order chi connectivity index (χ1) is 7.77. The van der Waals surface area contributed by atoms with E-state index >= 15 is 0 Å². The molecule has 17 heavy (non-hydrogen) atoms. The van der Waals surface area contributed by atoms with Gasteiger partial charge >= 0.3 is 0 Å². The van der Waals surface area contributed by atoms with Crippen molar-refractivity contribution in [3.63, 3.8) is 0 Å². The summed E-state index contributed by atoms with van der Waals surface area (Å²) in [6.45, 7) is 0. The molecule has 1 rings (SSSR count). The average Bonchev–Trinajstić information content (AvgIpc) is 2.14. The fourth-order valence-electron chi connectivity index (χ4n) is 1.14.